The Labute approximate surface area is 113 Å². The minimum absolute atomic E-state index is 0.148. The van der Waals surface area contributed by atoms with Crippen molar-refractivity contribution >= 4 is 5.69 Å². The molecule has 1 aliphatic heterocycles. The van der Waals surface area contributed by atoms with E-state index in [0.717, 1.165) is 31.6 Å². The van der Waals surface area contributed by atoms with E-state index in [1.54, 1.807) is 12.1 Å². The predicted octanol–water partition coefficient (Wildman–Crippen LogP) is 2.64. The van der Waals surface area contributed by atoms with Crippen molar-refractivity contribution in [3.63, 3.8) is 0 Å². The van der Waals surface area contributed by atoms with Gasteiger partial charge in [-0.3, -0.25) is 10.1 Å². The first-order valence-corrected chi connectivity index (χ1v) is 6.81. The van der Waals surface area contributed by atoms with Crippen LogP contribution >= 0.6 is 0 Å². The molecular formula is C14H20N2O3. The van der Waals surface area contributed by atoms with Crippen LogP contribution in [0, 0.1) is 10.1 Å². The molecule has 1 unspecified atom stereocenters. The number of nitro benzene ring substituents is 1. The van der Waals surface area contributed by atoms with Gasteiger partial charge in [0.25, 0.3) is 5.69 Å². The van der Waals surface area contributed by atoms with Gasteiger partial charge in [-0.1, -0.05) is 12.1 Å². The van der Waals surface area contributed by atoms with E-state index < -0.39 is 0 Å². The van der Waals surface area contributed by atoms with Crippen LogP contribution in [0.2, 0.25) is 0 Å². The number of ether oxygens (including phenoxy) is 1. The van der Waals surface area contributed by atoms with Crippen molar-refractivity contribution in [2.24, 2.45) is 0 Å². The minimum Gasteiger partial charge on any atom is -0.378 e. The Morgan fingerprint density at radius 3 is 3.05 bits per heavy atom. The lowest BCUT2D eigenvalue weighted by atomic mass is 10.1. The topological polar surface area (TPSA) is 64.4 Å². The molecule has 1 aromatic rings. The molecule has 0 aliphatic carbocycles. The first-order chi connectivity index (χ1) is 9.25. The Bertz CT molecular complexity index is 417. The molecular weight excluding hydrogens is 244 g/mol. The van der Waals surface area contributed by atoms with Crippen molar-refractivity contribution in [3.05, 3.63) is 39.9 Å². The van der Waals surface area contributed by atoms with Gasteiger partial charge >= 0.3 is 0 Å². The summed E-state index contributed by atoms with van der Waals surface area (Å²) in [7, 11) is 0. The fourth-order valence-corrected chi connectivity index (χ4v) is 2.31. The van der Waals surface area contributed by atoms with Gasteiger partial charge in [-0.05, 0) is 37.8 Å². The number of nitrogens with zero attached hydrogens (tertiary/aromatic N) is 1. The molecule has 2 rings (SSSR count). The van der Waals surface area contributed by atoms with E-state index in [2.05, 4.69) is 5.32 Å². The van der Waals surface area contributed by atoms with E-state index in [1.165, 1.54) is 18.9 Å². The second kappa shape index (κ2) is 7.21. The Morgan fingerprint density at radius 2 is 2.32 bits per heavy atom. The number of nitro groups is 1. The van der Waals surface area contributed by atoms with Gasteiger partial charge < -0.3 is 10.1 Å². The molecule has 0 spiro atoms. The van der Waals surface area contributed by atoms with E-state index in [1.807, 2.05) is 6.07 Å². The van der Waals surface area contributed by atoms with E-state index in [4.69, 9.17) is 4.74 Å². The SMILES string of the molecule is O=[N+]([O-])c1cccc(CNCCC2CCCCO2)c1. The van der Waals surface area contributed by atoms with E-state index in [0.29, 0.717) is 12.6 Å². The number of nitrogens with one attached hydrogen (secondary N) is 1. The molecule has 0 amide bonds. The predicted molar refractivity (Wildman–Crippen MR) is 73.0 cm³/mol. The Balaban J connectivity index is 1.70. The molecule has 5 nitrogen and oxygen atoms in total. The molecule has 1 atom stereocenters. The molecule has 1 aliphatic rings. The fraction of sp³-hybridized carbons (Fsp3) is 0.571. The highest BCUT2D eigenvalue weighted by Crippen LogP contribution is 2.15. The van der Waals surface area contributed by atoms with Crippen LogP contribution in [0.4, 0.5) is 5.69 Å². The van der Waals surface area contributed by atoms with Gasteiger partial charge in [-0.15, -0.1) is 0 Å². The summed E-state index contributed by atoms with van der Waals surface area (Å²) in [6, 6.07) is 6.75. The monoisotopic (exact) mass is 264 g/mol. The summed E-state index contributed by atoms with van der Waals surface area (Å²) < 4.78 is 5.65. The van der Waals surface area contributed by atoms with E-state index in [9.17, 15) is 10.1 Å². The molecule has 5 heteroatoms. The van der Waals surface area contributed by atoms with Gasteiger partial charge in [0, 0.05) is 25.3 Å². The van der Waals surface area contributed by atoms with Crippen LogP contribution in [0.15, 0.2) is 24.3 Å². The Morgan fingerprint density at radius 1 is 1.42 bits per heavy atom. The zero-order valence-electron chi connectivity index (χ0n) is 11.0. The largest absolute Gasteiger partial charge is 0.378 e. The lowest BCUT2D eigenvalue weighted by Crippen LogP contribution is -2.25. The van der Waals surface area contributed by atoms with Gasteiger partial charge in [-0.2, -0.15) is 0 Å². The number of hydrogen-bond donors (Lipinski definition) is 1. The van der Waals surface area contributed by atoms with Gasteiger partial charge in [0.05, 0.1) is 11.0 Å². The van der Waals surface area contributed by atoms with Crippen molar-refractivity contribution in [2.75, 3.05) is 13.2 Å². The van der Waals surface area contributed by atoms with Gasteiger partial charge in [-0.25, -0.2) is 0 Å². The third-order valence-corrected chi connectivity index (χ3v) is 3.37. The molecule has 0 saturated carbocycles. The summed E-state index contributed by atoms with van der Waals surface area (Å²) in [5.74, 6) is 0. The van der Waals surface area contributed by atoms with Crippen molar-refractivity contribution in [1.29, 1.82) is 0 Å². The van der Waals surface area contributed by atoms with Crippen LogP contribution in [0.3, 0.4) is 0 Å². The van der Waals surface area contributed by atoms with Gasteiger partial charge in [0.15, 0.2) is 0 Å². The average molecular weight is 264 g/mol. The molecule has 0 bridgehead atoms. The van der Waals surface area contributed by atoms with Crippen LogP contribution in [0.25, 0.3) is 0 Å². The highest BCUT2D eigenvalue weighted by Gasteiger charge is 2.12. The first-order valence-electron chi connectivity index (χ1n) is 6.81. The summed E-state index contributed by atoms with van der Waals surface area (Å²) in [5.41, 5.74) is 1.09. The highest BCUT2D eigenvalue weighted by atomic mass is 16.6. The van der Waals surface area contributed by atoms with E-state index in [-0.39, 0.29) is 10.6 Å². The van der Waals surface area contributed by atoms with Crippen molar-refractivity contribution < 1.29 is 9.66 Å². The number of rotatable bonds is 6. The lowest BCUT2D eigenvalue weighted by Gasteiger charge is -2.22. The van der Waals surface area contributed by atoms with Crippen molar-refractivity contribution in [3.8, 4) is 0 Å². The molecule has 104 valence electrons. The standard InChI is InChI=1S/C14H20N2O3/c17-16(18)13-5-3-4-12(10-13)11-15-8-7-14-6-1-2-9-19-14/h3-5,10,14-15H,1-2,6-9,11H2. The molecule has 1 heterocycles. The molecule has 1 saturated heterocycles. The van der Waals surface area contributed by atoms with Crippen molar-refractivity contribution in [2.45, 2.75) is 38.3 Å². The molecule has 1 fully saturated rings. The van der Waals surface area contributed by atoms with Crippen molar-refractivity contribution in [1.82, 2.24) is 5.32 Å². The number of non-ortho nitro benzene ring substituents is 1. The zero-order valence-corrected chi connectivity index (χ0v) is 11.0. The molecule has 0 aromatic heterocycles. The Hall–Kier alpha value is -1.46. The summed E-state index contributed by atoms with van der Waals surface area (Å²) >= 11 is 0. The van der Waals surface area contributed by atoms with Gasteiger partial charge in [0.1, 0.15) is 0 Å². The van der Waals surface area contributed by atoms with Crippen LogP contribution in [0.1, 0.15) is 31.2 Å². The zero-order chi connectivity index (χ0) is 13.5. The third kappa shape index (κ3) is 4.61. The maximum absolute atomic E-state index is 10.7. The molecule has 19 heavy (non-hydrogen) atoms. The summed E-state index contributed by atoms with van der Waals surface area (Å²) in [5, 5.41) is 14.0. The first kappa shape index (κ1) is 14.0. The average Bonchev–Trinajstić information content (AvgIpc) is 2.45. The number of benzene rings is 1. The minimum atomic E-state index is -0.362. The van der Waals surface area contributed by atoms with Crippen LogP contribution < -0.4 is 5.32 Å². The second-order valence-electron chi connectivity index (χ2n) is 4.88. The maximum Gasteiger partial charge on any atom is 0.269 e. The number of hydrogen-bond acceptors (Lipinski definition) is 4. The smallest absolute Gasteiger partial charge is 0.269 e. The maximum atomic E-state index is 10.7. The van der Waals surface area contributed by atoms with Crippen LogP contribution in [-0.2, 0) is 11.3 Å². The van der Waals surface area contributed by atoms with Gasteiger partial charge in [0.2, 0.25) is 0 Å². The summed E-state index contributed by atoms with van der Waals surface area (Å²) in [4.78, 5) is 10.3. The van der Waals surface area contributed by atoms with E-state index >= 15 is 0 Å². The normalized spacial score (nSPS) is 19.3. The quantitative estimate of drug-likeness (QED) is 0.487. The molecule has 0 radical (unpaired) electrons. The summed E-state index contributed by atoms with van der Waals surface area (Å²) in [6.07, 6.45) is 4.98. The fourth-order valence-electron chi connectivity index (χ4n) is 2.31. The Kier molecular flexibility index (Phi) is 5.30. The highest BCUT2D eigenvalue weighted by molar-refractivity contribution is 5.34. The molecule has 1 aromatic carbocycles. The van der Waals surface area contributed by atoms with Crippen LogP contribution in [-0.4, -0.2) is 24.2 Å². The second-order valence-corrected chi connectivity index (χ2v) is 4.88. The summed E-state index contributed by atoms with van der Waals surface area (Å²) in [6.45, 7) is 2.43. The van der Waals surface area contributed by atoms with Crippen LogP contribution in [0.5, 0.6) is 0 Å². The third-order valence-electron chi connectivity index (χ3n) is 3.37. The lowest BCUT2D eigenvalue weighted by molar-refractivity contribution is -0.384. The molecule has 1 N–H and O–H groups in total.